The first-order chi connectivity index (χ1) is 15.4. The summed E-state index contributed by atoms with van der Waals surface area (Å²) in [7, 11) is -2.28. The van der Waals surface area contributed by atoms with Gasteiger partial charge in [0.25, 0.3) is 0 Å². The van der Waals surface area contributed by atoms with E-state index in [2.05, 4.69) is 62.8 Å². The lowest BCUT2D eigenvalue weighted by molar-refractivity contribution is 0.0583. The Kier molecular flexibility index (Phi) is 6.31. The van der Waals surface area contributed by atoms with Crippen molar-refractivity contribution >= 4 is 12.5 Å². The van der Waals surface area contributed by atoms with Crippen LogP contribution in [0, 0.1) is 11.3 Å². The molecule has 164 valence electrons. The highest BCUT2D eigenvalue weighted by atomic mass is 31.2. The zero-order valence-corrected chi connectivity index (χ0v) is 19.0. The average molecular weight is 439 g/mol. The van der Waals surface area contributed by atoms with Crippen LogP contribution in [0.4, 0.5) is 0 Å². The molecule has 0 amide bonds. The molecule has 6 nitrogen and oxygen atoms in total. The minimum atomic E-state index is -2.28. The van der Waals surface area contributed by atoms with Crippen LogP contribution < -0.4 is 0 Å². The topological polar surface area (TPSA) is 52.0 Å². The van der Waals surface area contributed by atoms with Crippen molar-refractivity contribution in [2.75, 3.05) is 65.7 Å². The molecule has 0 aliphatic carbocycles. The molecule has 5 rings (SSSR count). The molecule has 3 saturated heterocycles. The van der Waals surface area contributed by atoms with Gasteiger partial charge in [0.1, 0.15) is 11.4 Å². The molecule has 0 unspecified atom stereocenters. The number of likely N-dealkylation sites (tertiary alicyclic amines) is 1. The van der Waals surface area contributed by atoms with Crippen LogP contribution >= 0.6 is 7.19 Å². The van der Waals surface area contributed by atoms with E-state index in [1.807, 2.05) is 0 Å². The van der Waals surface area contributed by atoms with Gasteiger partial charge in [-0.25, -0.2) is 0 Å². The number of allylic oxidation sites excluding steroid dienone is 3. The number of nitrogens with zero attached hydrogens (tertiary/aromatic N) is 4. The summed E-state index contributed by atoms with van der Waals surface area (Å²) in [6, 6.07) is 13.4. The van der Waals surface area contributed by atoms with Crippen molar-refractivity contribution in [1.82, 2.24) is 14.2 Å². The number of benzene rings is 1. The van der Waals surface area contributed by atoms with Crippen LogP contribution in [0.15, 0.2) is 53.5 Å². The SMILES string of the molecule is N#CC1=C(N2CCCC2)C=CC(c2ccccc2)=P1(N1CCOCC1)N1CCOCC1. The highest BCUT2D eigenvalue weighted by molar-refractivity contribution is 7.77. The van der Waals surface area contributed by atoms with Crippen LogP contribution in [-0.2, 0) is 9.47 Å². The Bertz CT molecular complexity index is 926. The second-order valence-electron chi connectivity index (χ2n) is 8.36. The molecule has 1 aromatic carbocycles. The number of morpholine rings is 2. The average Bonchev–Trinajstić information content (AvgIpc) is 3.39. The smallest absolute Gasteiger partial charge is 0.104 e. The van der Waals surface area contributed by atoms with E-state index in [0.717, 1.165) is 76.7 Å². The summed E-state index contributed by atoms with van der Waals surface area (Å²) in [4.78, 5) is 2.44. The molecule has 0 bridgehead atoms. The van der Waals surface area contributed by atoms with Gasteiger partial charge in [-0.1, -0.05) is 30.3 Å². The van der Waals surface area contributed by atoms with E-state index in [-0.39, 0.29) is 0 Å². The first-order valence-electron chi connectivity index (χ1n) is 11.4. The lowest BCUT2D eigenvalue weighted by Crippen LogP contribution is -2.46. The molecule has 3 fully saturated rings. The summed E-state index contributed by atoms with van der Waals surface area (Å²) < 4.78 is 16.7. The van der Waals surface area contributed by atoms with Crippen LogP contribution in [0.5, 0.6) is 0 Å². The molecular formula is C24H31N4O2P. The summed E-state index contributed by atoms with van der Waals surface area (Å²) in [5.41, 5.74) is 2.37. The van der Waals surface area contributed by atoms with Crippen LogP contribution in [0.25, 0.3) is 0 Å². The highest BCUT2D eigenvalue weighted by Crippen LogP contribution is 2.66. The molecule has 7 heteroatoms. The Morgan fingerprint density at radius 3 is 1.90 bits per heavy atom. The third-order valence-corrected chi connectivity index (χ3v) is 11.2. The Labute approximate surface area is 185 Å². The number of hydrogen-bond acceptors (Lipinski definition) is 6. The van der Waals surface area contributed by atoms with E-state index in [9.17, 15) is 5.26 Å². The van der Waals surface area contributed by atoms with Gasteiger partial charge in [-0.3, -0.25) is 9.34 Å². The van der Waals surface area contributed by atoms with E-state index >= 15 is 0 Å². The van der Waals surface area contributed by atoms with E-state index < -0.39 is 7.19 Å². The van der Waals surface area contributed by atoms with Gasteiger partial charge in [0.05, 0.1) is 39.3 Å². The maximum Gasteiger partial charge on any atom is 0.104 e. The molecule has 0 N–H and O–H groups in total. The molecule has 0 saturated carbocycles. The van der Waals surface area contributed by atoms with Gasteiger partial charge in [-0.15, -0.1) is 0 Å². The van der Waals surface area contributed by atoms with Crippen LogP contribution in [-0.4, -0.2) is 85.2 Å². The first-order valence-corrected chi connectivity index (χ1v) is 13.1. The maximum atomic E-state index is 10.7. The van der Waals surface area contributed by atoms with Crippen LogP contribution in [0.2, 0.25) is 0 Å². The third-order valence-electron chi connectivity index (χ3n) is 6.71. The second-order valence-corrected chi connectivity index (χ2v) is 11.6. The van der Waals surface area contributed by atoms with Gasteiger partial charge in [0.15, 0.2) is 0 Å². The zero-order chi connectivity index (χ0) is 21.1. The summed E-state index contributed by atoms with van der Waals surface area (Å²) in [6.45, 7) is 8.37. The quantitative estimate of drug-likeness (QED) is 0.674. The minimum absolute atomic E-state index is 0.718. The number of rotatable bonds is 4. The normalized spacial score (nSPS) is 25.1. The van der Waals surface area contributed by atoms with Crippen LogP contribution in [0.1, 0.15) is 18.4 Å². The Morgan fingerprint density at radius 1 is 0.774 bits per heavy atom. The minimum Gasteiger partial charge on any atom is -0.379 e. The van der Waals surface area contributed by atoms with Crippen molar-refractivity contribution in [2.45, 2.75) is 12.8 Å². The molecule has 0 radical (unpaired) electrons. The largest absolute Gasteiger partial charge is 0.379 e. The predicted octanol–water partition coefficient (Wildman–Crippen LogP) is 3.12. The zero-order valence-electron chi connectivity index (χ0n) is 18.1. The fourth-order valence-corrected chi connectivity index (χ4v) is 10.0. The van der Waals surface area contributed by atoms with Gasteiger partial charge >= 0.3 is 0 Å². The first kappa shape index (κ1) is 21.0. The molecule has 4 heterocycles. The Balaban J connectivity index is 1.81. The summed E-state index contributed by atoms with van der Waals surface area (Å²) in [5, 5.41) is 13.0. The predicted molar refractivity (Wildman–Crippen MR) is 125 cm³/mol. The van der Waals surface area contributed by atoms with Crippen molar-refractivity contribution in [3.8, 4) is 6.07 Å². The van der Waals surface area contributed by atoms with Crippen LogP contribution in [0.3, 0.4) is 0 Å². The monoisotopic (exact) mass is 438 g/mol. The van der Waals surface area contributed by atoms with Gasteiger partial charge in [0, 0.05) is 44.6 Å². The van der Waals surface area contributed by atoms with Crippen molar-refractivity contribution < 1.29 is 9.47 Å². The molecule has 1 aromatic rings. The second kappa shape index (κ2) is 9.32. The molecule has 0 aromatic heterocycles. The standard InChI is InChI=1S/C24H31N4O2P/c25-20-24-22(26-10-4-5-11-26)8-9-23(21-6-2-1-3-7-21)31(24,27-12-16-29-17-13-27)28-14-18-30-19-15-28/h1-3,6-9H,4-5,10-19H2. The van der Waals surface area contributed by atoms with Crippen molar-refractivity contribution in [2.24, 2.45) is 0 Å². The van der Waals surface area contributed by atoms with Gasteiger partial charge in [-0.2, -0.15) is 5.26 Å². The highest BCUT2D eigenvalue weighted by Gasteiger charge is 2.44. The fourth-order valence-electron chi connectivity index (χ4n) is 5.30. The maximum absolute atomic E-state index is 10.7. The van der Waals surface area contributed by atoms with Crippen molar-refractivity contribution in [1.29, 1.82) is 5.26 Å². The third kappa shape index (κ3) is 3.69. The summed E-state index contributed by atoms with van der Waals surface area (Å²) in [6.07, 6.45) is 6.94. The lowest BCUT2D eigenvalue weighted by atomic mass is 10.1. The number of ether oxygens (including phenoxy) is 2. The van der Waals surface area contributed by atoms with E-state index in [0.29, 0.717) is 0 Å². The van der Waals surface area contributed by atoms with Gasteiger partial charge in [-0.05, 0) is 30.6 Å². The summed E-state index contributed by atoms with van der Waals surface area (Å²) in [5.74, 6) is 0. The Hall–Kier alpha value is -1.87. The summed E-state index contributed by atoms with van der Waals surface area (Å²) >= 11 is 0. The van der Waals surface area contributed by atoms with Crippen molar-refractivity contribution in [3.05, 3.63) is 59.1 Å². The fraction of sp³-hybridized carbons (Fsp3) is 0.500. The Morgan fingerprint density at radius 2 is 1.35 bits per heavy atom. The van der Waals surface area contributed by atoms with E-state index in [1.54, 1.807) is 0 Å². The van der Waals surface area contributed by atoms with Gasteiger partial charge < -0.3 is 14.4 Å². The molecule has 31 heavy (non-hydrogen) atoms. The molecule has 4 aliphatic rings. The van der Waals surface area contributed by atoms with Gasteiger partial charge in [0.2, 0.25) is 0 Å². The van der Waals surface area contributed by atoms with E-state index in [4.69, 9.17) is 9.47 Å². The molecular weight excluding hydrogens is 407 g/mol. The van der Waals surface area contributed by atoms with Crippen molar-refractivity contribution in [3.63, 3.8) is 0 Å². The number of hydrogen-bond donors (Lipinski definition) is 0. The molecule has 4 aliphatic heterocycles. The molecule has 0 spiro atoms. The van der Waals surface area contributed by atoms with E-state index in [1.165, 1.54) is 23.7 Å². The molecule has 0 atom stereocenters. The lowest BCUT2D eigenvalue weighted by Gasteiger charge is -2.51. The number of nitriles is 1.